The maximum absolute atomic E-state index is 4.69. The molecular weight excluding hydrogens is 248 g/mol. The highest BCUT2D eigenvalue weighted by atomic mass is 32.2. The summed E-state index contributed by atoms with van der Waals surface area (Å²) in [5.74, 6) is 3.44. The normalized spacial score (nSPS) is 29.5. The molecule has 4 heteroatoms. The molecule has 2 heterocycles. The first-order valence-corrected chi connectivity index (χ1v) is 8.92. The van der Waals surface area contributed by atoms with E-state index in [9.17, 15) is 0 Å². The van der Waals surface area contributed by atoms with Crippen molar-refractivity contribution >= 4 is 28.7 Å². The Morgan fingerprint density at radius 2 is 2.24 bits per heavy atom. The van der Waals surface area contributed by atoms with Gasteiger partial charge in [0, 0.05) is 17.0 Å². The van der Waals surface area contributed by atoms with Gasteiger partial charge in [-0.3, -0.25) is 4.99 Å². The summed E-state index contributed by atoms with van der Waals surface area (Å²) in [6.45, 7) is 5.63. The summed E-state index contributed by atoms with van der Waals surface area (Å²) in [6, 6.07) is 0.667. The highest BCUT2D eigenvalue weighted by molar-refractivity contribution is 8.14. The van der Waals surface area contributed by atoms with E-state index in [4.69, 9.17) is 0 Å². The van der Waals surface area contributed by atoms with Crippen molar-refractivity contribution in [3.63, 3.8) is 0 Å². The van der Waals surface area contributed by atoms with Crippen LogP contribution in [0.25, 0.3) is 0 Å². The lowest BCUT2D eigenvalue weighted by Gasteiger charge is -2.24. The number of amidine groups is 1. The first-order chi connectivity index (χ1) is 8.33. The molecular formula is C13H24N2S2. The Balaban J connectivity index is 1.76. The van der Waals surface area contributed by atoms with Crippen molar-refractivity contribution in [2.75, 3.05) is 18.1 Å². The highest BCUT2D eigenvalue weighted by Gasteiger charge is 2.27. The van der Waals surface area contributed by atoms with Crippen LogP contribution in [0.3, 0.4) is 0 Å². The largest absolute Gasteiger partial charge is 0.361 e. The summed E-state index contributed by atoms with van der Waals surface area (Å²) in [5.41, 5.74) is 0. The SMILES string of the molecule is CCC(CC)C1CN=C(NC2CCCSC2)S1. The average molecular weight is 272 g/mol. The van der Waals surface area contributed by atoms with Gasteiger partial charge in [-0.1, -0.05) is 38.5 Å². The van der Waals surface area contributed by atoms with Crippen molar-refractivity contribution in [2.24, 2.45) is 10.9 Å². The van der Waals surface area contributed by atoms with Crippen LogP contribution in [-0.4, -0.2) is 34.5 Å². The van der Waals surface area contributed by atoms with Crippen LogP contribution < -0.4 is 5.32 Å². The molecule has 2 rings (SSSR count). The van der Waals surface area contributed by atoms with Crippen LogP contribution in [0.5, 0.6) is 0 Å². The van der Waals surface area contributed by atoms with Crippen LogP contribution in [0.2, 0.25) is 0 Å². The second-order valence-electron chi connectivity index (χ2n) is 4.94. The van der Waals surface area contributed by atoms with E-state index in [1.807, 2.05) is 11.8 Å². The standard InChI is InChI=1S/C13H24N2S2/c1-3-10(4-2)12-8-14-13(17-12)15-11-6-5-7-16-9-11/h10-12H,3-9H2,1-2H3,(H,14,15). The van der Waals surface area contributed by atoms with Gasteiger partial charge in [-0.05, 0) is 24.5 Å². The number of nitrogens with zero attached hydrogens (tertiary/aromatic N) is 1. The molecule has 2 aliphatic heterocycles. The third kappa shape index (κ3) is 3.82. The molecule has 0 aliphatic carbocycles. The van der Waals surface area contributed by atoms with Crippen LogP contribution in [0.15, 0.2) is 4.99 Å². The fourth-order valence-electron chi connectivity index (χ4n) is 2.56. The lowest BCUT2D eigenvalue weighted by atomic mass is 9.99. The van der Waals surface area contributed by atoms with E-state index in [2.05, 4.69) is 35.9 Å². The molecule has 0 radical (unpaired) electrons. The first-order valence-electron chi connectivity index (χ1n) is 6.88. The minimum absolute atomic E-state index is 0.667. The molecule has 0 bridgehead atoms. The van der Waals surface area contributed by atoms with Gasteiger partial charge in [0.05, 0.1) is 6.54 Å². The zero-order valence-electron chi connectivity index (χ0n) is 10.9. The fourth-order valence-corrected chi connectivity index (χ4v) is 5.03. The number of hydrogen-bond acceptors (Lipinski definition) is 4. The second-order valence-corrected chi connectivity index (χ2v) is 7.31. The zero-order chi connectivity index (χ0) is 12.1. The summed E-state index contributed by atoms with van der Waals surface area (Å²) in [4.78, 5) is 4.69. The molecule has 0 aromatic rings. The molecule has 0 saturated carbocycles. The molecule has 2 atom stereocenters. The Bertz CT molecular complexity index is 258. The third-order valence-electron chi connectivity index (χ3n) is 3.74. The number of aliphatic imine (C=N–C) groups is 1. The number of thioether (sulfide) groups is 2. The fraction of sp³-hybridized carbons (Fsp3) is 0.923. The van der Waals surface area contributed by atoms with E-state index in [1.165, 1.54) is 42.4 Å². The van der Waals surface area contributed by atoms with Crippen LogP contribution >= 0.6 is 23.5 Å². The summed E-state index contributed by atoms with van der Waals surface area (Å²) in [7, 11) is 0. The molecule has 0 spiro atoms. The van der Waals surface area contributed by atoms with Crippen LogP contribution in [0, 0.1) is 5.92 Å². The van der Waals surface area contributed by atoms with Crippen LogP contribution in [0.4, 0.5) is 0 Å². The second kappa shape index (κ2) is 6.93. The van der Waals surface area contributed by atoms with Gasteiger partial charge in [-0.15, -0.1) is 0 Å². The summed E-state index contributed by atoms with van der Waals surface area (Å²) in [6.07, 6.45) is 5.25. The van der Waals surface area contributed by atoms with Gasteiger partial charge >= 0.3 is 0 Å². The first kappa shape index (κ1) is 13.6. The van der Waals surface area contributed by atoms with E-state index < -0.39 is 0 Å². The van der Waals surface area contributed by atoms with E-state index in [0.29, 0.717) is 6.04 Å². The molecule has 2 aliphatic rings. The Labute approximate surface area is 114 Å². The molecule has 1 fully saturated rings. The van der Waals surface area contributed by atoms with E-state index in [1.54, 1.807) is 0 Å². The summed E-state index contributed by atoms with van der Waals surface area (Å²) in [5, 5.41) is 5.59. The zero-order valence-corrected chi connectivity index (χ0v) is 12.6. The number of rotatable bonds is 4. The number of hydrogen-bond donors (Lipinski definition) is 1. The van der Waals surface area contributed by atoms with Crippen molar-refractivity contribution < 1.29 is 0 Å². The van der Waals surface area contributed by atoms with E-state index >= 15 is 0 Å². The quantitative estimate of drug-likeness (QED) is 0.849. The van der Waals surface area contributed by atoms with Gasteiger partial charge in [0.25, 0.3) is 0 Å². The Morgan fingerprint density at radius 3 is 2.88 bits per heavy atom. The maximum Gasteiger partial charge on any atom is 0.157 e. The summed E-state index contributed by atoms with van der Waals surface area (Å²) >= 11 is 4.07. The Hall–Kier alpha value is 0.170. The van der Waals surface area contributed by atoms with Gasteiger partial charge in [0.2, 0.25) is 0 Å². The predicted molar refractivity (Wildman–Crippen MR) is 81.2 cm³/mol. The van der Waals surface area contributed by atoms with Gasteiger partial charge in [-0.25, -0.2) is 0 Å². The van der Waals surface area contributed by atoms with Crippen LogP contribution in [-0.2, 0) is 0 Å². The van der Waals surface area contributed by atoms with Gasteiger partial charge in [0.15, 0.2) is 5.17 Å². The smallest absolute Gasteiger partial charge is 0.157 e. The average Bonchev–Trinajstić information content (AvgIpc) is 2.81. The topological polar surface area (TPSA) is 24.4 Å². The molecule has 2 unspecified atom stereocenters. The van der Waals surface area contributed by atoms with Crippen molar-refractivity contribution in [1.82, 2.24) is 5.32 Å². The van der Waals surface area contributed by atoms with Crippen molar-refractivity contribution in [3.05, 3.63) is 0 Å². The van der Waals surface area contributed by atoms with E-state index in [0.717, 1.165) is 17.7 Å². The van der Waals surface area contributed by atoms with Crippen molar-refractivity contribution in [1.29, 1.82) is 0 Å². The molecule has 98 valence electrons. The lowest BCUT2D eigenvalue weighted by molar-refractivity contribution is 0.479. The molecule has 1 N–H and O–H groups in total. The predicted octanol–water partition coefficient (Wildman–Crippen LogP) is 3.38. The highest BCUT2D eigenvalue weighted by Crippen LogP contribution is 2.31. The summed E-state index contributed by atoms with van der Waals surface area (Å²) < 4.78 is 0. The molecule has 0 aromatic carbocycles. The Morgan fingerprint density at radius 1 is 1.41 bits per heavy atom. The van der Waals surface area contributed by atoms with Gasteiger partial charge in [-0.2, -0.15) is 11.8 Å². The molecule has 1 saturated heterocycles. The molecule has 0 aromatic heterocycles. The minimum atomic E-state index is 0.667. The van der Waals surface area contributed by atoms with Gasteiger partial charge < -0.3 is 5.32 Å². The monoisotopic (exact) mass is 272 g/mol. The minimum Gasteiger partial charge on any atom is -0.361 e. The Kier molecular flexibility index (Phi) is 5.54. The van der Waals surface area contributed by atoms with Crippen LogP contribution in [0.1, 0.15) is 39.5 Å². The molecule has 2 nitrogen and oxygen atoms in total. The third-order valence-corrected chi connectivity index (χ3v) is 6.26. The van der Waals surface area contributed by atoms with Crippen molar-refractivity contribution in [2.45, 2.75) is 50.8 Å². The molecule has 17 heavy (non-hydrogen) atoms. The van der Waals surface area contributed by atoms with E-state index in [-0.39, 0.29) is 0 Å². The molecule has 0 amide bonds. The lowest BCUT2D eigenvalue weighted by Crippen LogP contribution is -2.36. The maximum atomic E-state index is 4.69. The van der Waals surface area contributed by atoms with Gasteiger partial charge in [0.1, 0.15) is 0 Å². The number of nitrogens with one attached hydrogen (secondary N) is 1. The van der Waals surface area contributed by atoms with Crippen molar-refractivity contribution in [3.8, 4) is 0 Å².